The predicted molar refractivity (Wildman–Crippen MR) is 136 cm³/mol. The number of halogens is 1. The lowest BCUT2D eigenvalue weighted by Crippen LogP contribution is -2.54. The van der Waals surface area contributed by atoms with Gasteiger partial charge in [-0.1, -0.05) is 35.9 Å². The Bertz CT molecular complexity index is 1300. The van der Waals surface area contributed by atoms with E-state index in [-0.39, 0.29) is 5.57 Å². The van der Waals surface area contributed by atoms with Gasteiger partial charge < -0.3 is 9.47 Å². The van der Waals surface area contributed by atoms with Crippen molar-refractivity contribution in [3.05, 3.63) is 93.5 Å². The average Bonchev–Trinajstić information content (AvgIpc) is 2.83. The quantitative estimate of drug-likeness (QED) is 0.324. The molecule has 0 unspecified atom stereocenters. The highest BCUT2D eigenvalue weighted by atomic mass is 79.9. The fourth-order valence-corrected chi connectivity index (χ4v) is 4.00. The molecule has 1 fully saturated rings. The number of aryl methyl sites for hydroxylation is 1. The highest BCUT2D eigenvalue weighted by Gasteiger charge is 2.36. The molecule has 35 heavy (non-hydrogen) atoms. The topological polar surface area (TPSA) is 84.9 Å². The molecular formula is C27H23BrN2O5. The Kier molecular flexibility index (Phi) is 7.31. The fraction of sp³-hybridized carbons (Fsp3) is 0.148. The SMILES string of the molecule is CCOc1ccc(N2C(=O)NC(=O)/C(=C\c3ccc(OCc4ccc(C)cc4)c(Br)c3)C2=O)cc1. The Morgan fingerprint density at radius 2 is 1.66 bits per heavy atom. The van der Waals surface area contributed by atoms with E-state index < -0.39 is 17.8 Å². The van der Waals surface area contributed by atoms with Gasteiger partial charge in [0.1, 0.15) is 23.7 Å². The molecule has 178 valence electrons. The summed E-state index contributed by atoms with van der Waals surface area (Å²) >= 11 is 3.49. The minimum Gasteiger partial charge on any atom is -0.494 e. The van der Waals surface area contributed by atoms with Crippen molar-refractivity contribution in [3.63, 3.8) is 0 Å². The third kappa shape index (κ3) is 5.60. The number of rotatable bonds is 7. The summed E-state index contributed by atoms with van der Waals surface area (Å²) in [6.45, 7) is 4.78. The van der Waals surface area contributed by atoms with Crippen LogP contribution < -0.4 is 19.7 Å². The first kappa shape index (κ1) is 24.2. The first-order valence-corrected chi connectivity index (χ1v) is 11.8. The van der Waals surface area contributed by atoms with Crippen LogP contribution in [-0.2, 0) is 16.2 Å². The number of anilines is 1. The standard InChI is InChI=1S/C27H23BrN2O5/c1-3-34-21-11-9-20(10-12-21)30-26(32)22(25(31)29-27(30)33)14-19-8-13-24(23(28)15-19)35-16-18-6-4-17(2)5-7-18/h4-15H,3,16H2,1-2H3,(H,29,31,33)/b22-14+. The van der Waals surface area contributed by atoms with Gasteiger partial charge in [0.25, 0.3) is 11.8 Å². The van der Waals surface area contributed by atoms with Crippen LogP contribution >= 0.6 is 15.9 Å². The summed E-state index contributed by atoms with van der Waals surface area (Å²) in [5.74, 6) is -0.224. The van der Waals surface area contributed by atoms with E-state index in [2.05, 4.69) is 21.2 Å². The average molecular weight is 535 g/mol. The van der Waals surface area contributed by atoms with Crippen LogP contribution in [0.2, 0.25) is 0 Å². The minimum absolute atomic E-state index is 0.154. The maximum atomic E-state index is 13.1. The molecule has 0 atom stereocenters. The van der Waals surface area contributed by atoms with Gasteiger partial charge in [0.05, 0.1) is 16.8 Å². The highest BCUT2D eigenvalue weighted by molar-refractivity contribution is 9.10. The molecule has 3 aromatic rings. The number of nitrogens with one attached hydrogen (secondary N) is 1. The number of hydrogen-bond donors (Lipinski definition) is 1. The van der Waals surface area contributed by atoms with Gasteiger partial charge in [-0.15, -0.1) is 0 Å². The maximum Gasteiger partial charge on any atom is 0.335 e. The molecule has 1 heterocycles. The molecule has 0 aromatic heterocycles. The Hall–Kier alpha value is -3.91. The van der Waals surface area contributed by atoms with Gasteiger partial charge in [-0.2, -0.15) is 0 Å². The molecule has 8 heteroatoms. The molecule has 0 bridgehead atoms. The number of ether oxygens (including phenoxy) is 2. The van der Waals surface area contributed by atoms with Crippen molar-refractivity contribution in [1.82, 2.24) is 5.32 Å². The normalized spacial score (nSPS) is 14.8. The number of carbonyl (C=O) groups excluding carboxylic acids is 3. The summed E-state index contributed by atoms with van der Waals surface area (Å²) in [4.78, 5) is 38.9. The van der Waals surface area contributed by atoms with Crippen LogP contribution in [0.1, 0.15) is 23.6 Å². The number of urea groups is 1. The van der Waals surface area contributed by atoms with E-state index in [9.17, 15) is 14.4 Å². The van der Waals surface area contributed by atoms with E-state index >= 15 is 0 Å². The smallest absolute Gasteiger partial charge is 0.335 e. The van der Waals surface area contributed by atoms with Crippen LogP contribution in [0.25, 0.3) is 6.08 Å². The molecular weight excluding hydrogens is 512 g/mol. The first-order valence-electron chi connectivity index (χ1n) is 11.0. The van der Waals surface area contributed by atoms with Gasteiger partial charge in [-0.05, 0) is 83.4 Å². The molecule has 4 rings (SSSR count). The molecule has 3 aromatic carbocycles. The molecule has 1 N–H and O–H groups in total. The van der Waals surface area contributed by atoms with Gasteiger partial charge in [-0.25, -0.2) is 9.69 Å². The second-order valence-corrected chi connectivity index (χ2v) is 8.70. The largest absolute Gasteiger partial charge is 0.494 e. The third-order valence-electron chi connectivity index (χ3n) is 5.29. The predicted octanol–water partition coefficient (Wildman–Crippen LogP) is 5.40. The summed E-state index contributed by atoms with van der Waals surface area (Å²) < 4.78 is 12.0. The molecule has 0 saturated carbocycles. The molecule has 0 spiro atoms. The summed E-state index contributed by atoms with van der Waals surface area (Å²) in [6, 6.07) is 19.0. The minimum atomic E-state index is -0.803. The number of hydrogen-bond acceptors (Lipinski definition) is 5. The van der Waals surface area contributed by atoms with Crippen molar-refractivity contribution in [3.8, 4) is 11.5 Å². The van der Waals surface area contributed by atoms with Gasteiger partial charge in [0.15, 0.2) is 0 Å². The summed E-state index contributed by atoms with van der Waals surface area (Å²) in [5, 5.41) is 2.23. The fourth-order valence-electron chi connectivity index (χ4n) is 3.49. The summed E-state index contributed by atoms with van der Waals surface area (Å²) in [6.07, 6.45) is 1.44. The van der Waals surface area contributed by atoms with Crippen LogP contribution in [0.3, 0.4) is 0 Å². The van der Waals surface area contributed by atoms with E-state index in [4.69, 9.17) is 9.47 Å². The molecule has 1 aliphatic rings. The number of barbiturate groups is 1. The molecule has 0 aliphatic carbocycles. The van der Waals surface area contributed by atoms with Crippen molar-refractivity contribution >= 4 is 45.5 Å². The van der Waals surface area contributed by atoms with E-state index in [1.807, 2.05) is 38.1 Å². The second-order valence-electron chi connectivity index (χ2n) is 7.85. The Balaban J connectivity index is 1.53. The third-order valence-corrected chi connectivity index (χ3v) is 5.91. The zero-order chi connectivity index (χ0) is 24.9. The van der Waals surface area contributed by atoms with E-state index in [0.717, 1.165) is 10.5 Å². The van der Waals surface area contributed by atoms with Crippen molar-refractivity contribution in [2.75, 3.05) is 11.5 Å². The number of carbonyl (C=O) groups is 3. The van der Waals surface area contributed by atoms with Gasteiger partial charge in [0.2, 0.25) is 0 Å². The molecule has 1 aliphatic heterocycles. The molecule has 1 saturated heterocycles. The first-order chi connectivity index (χ1) is 16.9. The second kappa shape index (κ2) is 10.6. The van der Waals surface area contributed by atoms with Gasteiger partial charge in [0, 0.05) is 0 Å². The summed E-state index contributed by atoms with van der Waals surface area (Å²) in [5.41, 5.74) is 2.99. The van der Waals surface area contributed by atoms with Gasteiger partial charge in [-0.3, -0.25) is 14.9 Å². The van der Waals surface area contributed by atoms with Crippen LogP contribution in [0.5, 0.6) is 11.5 Å². The number of imide groups is 2. The van der Waals surface area contributed by atoms with Gasteiger partial charge >= 0.3 is 6.03 Å². The lowest BCUT2D eigenvalue weighted by Gasteiger charge is -2.26. The van der Waals surface area contributed by atoms with E-state index in [1.54, 1.807) is 42.5 Å². The Morgan fingerprint density at radius 3 is 2.31 bits per heavy atom. The van der Waals surface area contributed by atoms with Crippen LogP contribution in [0.4, 0.5) is 10.5 Å². The van der Waals surface area contributed by atoms with Crippen molar-refractivity contribution < 1.29 is 23.9 Å². The van der Waals surface area contributed by atoms with Crippen LogP contribution in [0.15, 0.2) is 76.8 Å². The van der Waals surface area contributed by atoms with Crippen molar-refractivity contribution in [2.24, 2.45) is 0 Å². The monoisotopic (exact) mass is 534 g/mol. The number of nitrogens with zero attached hydrogens (tertiary/aromatic N) is 1. The summed E-state index contributed by atoms with van der Waals surface area (Å²) in [7, 11) is 0. The number of amides is 4. The lowest BCUT2D eigenvalue weighted by atomic mass is 10.1. The Morgan fingerprint density at radius 1 is 0.943 bits per heavy atom. The van der Waals surface area contributed by atoms with E-state index in [0.29, 0.717) is 40.4 Å². The number of benzene rings is 3. The van der Waals surface area contributed by atoms with Crippen molar-refractivity contribution in [1.29, 1.82) is 0 Å². The highest BCUT2D eigenvalue weighted by Crippen LogP contribution is 2.29. The van der Waals surface area contributed by atoms with E-state index in [1.165, 1.54) is 11.6 Å². The van der Waals surface area contributed by atoms with Crippen LogP contribution in [-0.4, -0.2) is 24.5 Å². The zero-order valence-electron chi connectivity index (χ0n) is 19.2. The Labute approximate surface area is 211 Å². The van der Waals surface area contributed by atoms with Crippen molar-refractivity contribution in [2.45, 2.75) is 20.5 Å². The lowest BCUT2D eigenvalue weighted by molar-refractivity contribution is -0.122. The van der Waals surface area contributed by atoms with Crippen LogP contribution in [0, 0.1) is 6.92 Å². The molecule has 0 radical (unpaired) electrons. The zero-order valence-corrected chi connectivity index (χ0v) is 20.8. The maximum absolute atomic E-state index is 13.1. The molecule has 4 amide bonds. The molecule has 7 nitrogen and oxygen atoms in total.